The Labute approximate surface area is 46.2 Å². The smallest absolute Gasteiger partial charge is 0.344 e. The van der Waals surface area contributed by atoms with E-state index in [0.717, 1.165) is 0 Å². The molecule has 0 aliphatic carbocycles. The zero-order valence-corrected chi connectivity index (χ0v) is 4.59. The SMILES string of the molecule is O=S(=O)(O)OC1CO1. The summed E-state index contributed by atoms with van der Waals surface area (Å²) in [6.45, 7) is 0.236. The summed E-state index contributed by atoms with van der Waals surface area (Å²) in [5.74, 6) is 0. The zero-order chi connectivity index (χ0) is 6.20. The third-order valence-electron chi connectivity index (χ3n) is 0.532. The molecular formula is C2H4O5S. The van der Waals surface area contributed by atoms with Crippen molar-refractivity contribution in [1.29, 1.82) is 0 Å². The minimum Gasteiger partial charge on any atom is -0.344 e. The Hall–Kier alpha value is -0.170. The molecule has 8 heavy (non-hydrogen) atoms. The molecule has 1 heterocycles. The predicted molar refractivity (Wildman–Crippen MR) is 22.4 cm³/mol. The lowest BCUT2D eigenvalue weighted by Crippen LogP contribution is -2.05. The van der Waals surface area contributed by atoms with Crippen LogP contribution < -0.4 is 0 Å². The summed E-state index contributed by atoms with van der Waals surface area (Å²) in [4.78, 5) is 0. The van der Waals surface area contributed by atoms with E-state index in [2.05, 4.69) is 8.92 Å². The van der Waals surface area contributed by atoms with Gasteiger partial charge in [0.2, 0.25) is 6.29 Å². The van der Waals surface area contributed by atoms with Crippen molar-refractivity contribution in [1.82, 2.24) is 0 Å². The van der Waals surface area contributed by atoms with Crippen molar-refractivity contribution in [2.45, 2.75) is 6.29 Å². The highest BCUT2D eigenvalue weighted by molar-refractivity contribution is 7.80. The van der Waals surface area contributed by atoms with Crippen LogP contribution in [-0.4, -0.2) is 25.9 Å². The van der Waals surface area contributed by atoms with E-state index in [4.69, 9.17) is 4.55 Å². The van der Waals surface area contributed by atoms with E-state index in [-0.39, 0.29) is 6.61 Å². The third kappa shape index (κ3) is 2.22. The summed E-state index contributed by atoms with van der Waals surface area (Å²) in [5, 5.41) is 0. The number of rotatable bonds is 2. The molecule has 0 aromatic carbocycles. The summed E-state index contributed by atoms with van der Waals surface area (Å²) in [6, 6.07) is 0. The fourth-order valence-electron chi connectivity index (χ4n) is 0.230. The van der Waals surface area contributed by atoms with Gasteiger partial charge in [-0.3, -0.25) is 4.55 Å². The van der Waals surface area contributed by atoms with Crippen molar-refractivity contribution < 1.29 is 21.9 Å². The second-order valence-electron chi connectivity index (χ2n) is 1.29. The van der Waals surface area contributed by atoms with Gasteiger partial charge < -0.3 is 4.74 Å². The molecule has 48 valence electrons. The highest BCUT2D eigenvalue weighted by Crippen LogP contribution is 2.11. The van der Waals surface area contributed by atoms with Crippen LogP contribution in [0.15, 0.2) is 0 Å². The molecule has 0 aromatic heterocycles. The van der Waals surface area contributed by atoms with Gasteiger partial charge in [-0.25, -0.2) is 4.18 Å². The number of hydrogen-bond acceptors (Lipinski definition) is 4. The first-order valence-corrected chi connectivity index (χ1v) is 3.22. The first-order chi connectivity index (χ1) is 3.58. The van der Waals surface area contributed by atoms with Crippen LogP contribution in [0.3, 0.4) is 0 Å². The van der Waals surface area contributed by atoms with Crippen molar-refractivity contribution in [3.63, 3.8) is 0 Å². The summed E-state index contributed by atoms with van der Waals surface area (Å²) >= 11 is 0. The van der Waals surface area contributed by atoms with Gasteiger partial charge in [-0.1, -0.05) is 0 Å². The van der Waals surface area contributed by atoms with Crippen LogP contribution in [0.25, 0.3) is 0 Å². The first-order valence-electron chi connectivity index (χ1n) is 1.85. The maximum absolute atomic E-state index is 9.74. The van der Waals surface area contributed by atoms with E-state index in [9.17, 15) is 8.42 Å². The maximum atomic E-state index is 9.74. The highest BCUT2D eigenvalue weighted by Gasteiger charge is 2.28. The summed E-state index contributed by atoms with van der Waals surface area (Å²) in [7, 11) is -4.29. The molecule has 0 saturated carbocycles. The molecule has 1 unspecified atom stereocenters. The van der Waals surface area contributed by atoms with Gasteiger partial charge in [-0.05, 0) is 0 Å². The molecule has 1 fully saturated rings. The number of epoxide rings is 1. The fourth-order valence-corrected chi connectivity index (χ4v) is 0.613. The Bertz CT molecular complexity index is 165. The minimum atomic E-state index is -4.29. The lowest BCUT2D eigenvalue weighted by atomic mass is 10.9. The van der Waals surface area contributed by atoms with E-state index >= 15 is 0 Å². The zero-order valence-electron chi connectivity index (χ0n) is 3.77. The van der Waals surface area contributed by atoms with Gasteiger partial charge in [0.05, 0.1) is 0 Å². The molecule has 5 nitrogen and oxygen atoms in total. The van der Waals surface area contributed by atoms with Crippen LogP contribution in [0.2, 0.25) is 0 Å². The summed E-state index contributed by atoms with van der Waals surface area (Å²) in [5.41, 5.74) is 0. The van der Waals surface area contributed by atoms with Crippen molar-refractivity contribution in [2.75, 3.05) is 6.61 Å². The quantitative estimate of drug-likeness (QED) is 0.400. The number of hydrogen-bond donors (Lipinski definition) is 1. The van der Waals surface area contributed by atoms with Gasteiger partial charge in [0.1, 0.15) is 6.61 Å². The van der Waals surface area contributed by atoms with Gasteiger partial charge in [0.15, 0.2) is 0 Å². The molecule has 1 atom stereocenters. The molecule has 0 bridgehead atoms. The lowest BCUT2D eigenvalue weighted by Gasteiger charge is -1.88. The largest absolute Gasteiger partial charge is 0.399 e. The highest BCUT2D eigenvalue weighted by atomic mass is 32.3. The van der Waals surface area contributed by atoms with Crippen LogP contribution in [0, 0.1) is 0 Å². The molecule has 6 heteroatoms. The summed E-state index contributed by atoms with van der Waals surface area (Å²) < 4.78 is 35.5. The second-order valence-corrected chi connectivity index (χ2v) is 2.33. The molecule has 0 aromatic rings. The van der Waals surface area contributed by atoms with Crippen LogP contribution in [-0.2, 0) is 19.3 Å². The van der Waals surface area contributed by atoms with Crippen molar-refractivity contribution in [2.24, 2.45) is 0 Å². The van der Waals surface area contributed by atoms with E-state index in [0.29, 0.717) is 0 Å². The van der Waals surface area contributed by atoms with E-state index in [1.807, 2.05) is 0 Å². The third-order valence-corrected chi connectivity index (χ3v) is 0.990. The molecule has 1 N–H and O–H groups in total. The molecule has 0 amide bonds. The van der Waals surface area contributed by atoms with Crippen LogP contribution in [0.1, 0.15) is 0 Å². The minimum absolute atomic E-state index is 0.236. The van der Waals surface area contributed by atoms with Gasteiger partial charge in [0, 0.05) is 0 Å². The Morgan fingerprint density at radius 2 is 2.25 bits per heavy atom. The van der Waals surface area contributed by atoms with E-state index < -0.39 is 16.7 Å². The molecule has 1 aliphatic rings. The molecule has 0 radical (unpaired) electrons. The molecule has 1 rings (SSSR count). The Morgan fingerprint density at radius 3 is 2.38 bits per heavy atom. The molecule has 1 aliphatic heterocycles. The Kier molecular flexibility index (Phi) is 1.24. The van der Waals surface area contributed by atoms with Crippen LogP contribution >= 0.6 is 0 Å². The second kappa shape index (κ2) is 1.66. The Morgan fingerprint density at radius 1 is 1.75 bits per heavy atom. The van der Waals surface area contributed by atoms with Gasteiger partial charge in [-0.15, -0.1) is 0 Å². The van der Waals surface area contributed by atoms with Crippen molar-refractivity contribution in [3.05, 3.63) is 0 Å². The Balaban J connectivity index is 2.38. The standard InChI is InChI=1S/C2H4O5S/c3-8(4,5)7-2-1-6-2/h2H,1H2,(H,3,4,5). The normalized spacial score (nSPS) is 27.9. The molecule has 0 spiro atoms. The fraction of sp³-hybridized carbons (Fsp3) is 1.00. The first kappa shape index (κ1) is 5.96. The average Bonchev–Trinajstić information content (AvgIpc) is 2.12. The molecule has 1 saturated heterocycles. The summed E-state index contributed by atoms with van der Waals surface area (Å²) in [6.07, 6.45) is -0.745. The monoisotopic (exact) mass is 140 g/mol. The predicted octanol–water partition coefficient (Wildman–Crippen LogP) is -0.838. The maximum Gasteiger partial charge on any atom is 0.399 e. The van der Waals surface area contributed by atoms with Crippen LogP contribution in [0.4, 0.5) is 0 Å². The van der Waals surface area contributed by atoms with Crippen LogP contribution in [0.5, 0.6) is 0 Å². The van der Waals surface area contributed by atoms with Gasteiger partial charge in [-0.2, -0.15) is 8.42 Å². The number of ether oxygens (including phenoxy) is 1. The van der Waals surface area contributed by atoms with Gasteiger partial charge >= 0.3 is 10.4 Å². The molecular weight excluding hydrogens is 136 g/mol. The van der Waals surface area contributed by atoms with Gasteiger partial charge in [0.25, 0.3) is 0 Å². The average molecular weight is 140 g/mol. The van der Waals surface area contributed by atoms with E-state index in [1.165, 1.54) is 0 Å². The van der Waals surface area contributed by atoms with Crippen molar-refractivity contribution >= 4 is 10.4 Å². The lowest BCUT2D eigenvalue weighted by molar-refractivity contribution is 0.164. The topological polar surface area (TPSA) is 76.1 Å². The van der Waals surface area contributed by atoms with Crippen molar-refractivity contribution in [3.8, 4) is 0 Å². The van der Waals surface area contributed by atoms with E-state index in [1.54, 1.807) is 0 Å².